The van der Waals surface area contributed by atoms with Crippen LogP contribution in [-0.2, 0) is 6.42 Å². The highest BCUT2D eigenvalue weighted by Crippen LogP contribution is 2.14. The van der Waals surface area contributed by atoms with E-state index in [0.29, 0.717) is 6.54 Å². The second kappa shape index (κ2) is 6.92. The van der Waals surface area contributed by atoms with Crippen LogP contribution in [0.5, 0.6) is 5.75 Å². The quantitative estimate of drug-likeness (QED) is 0.583. The molecule has 16 heavy (non-hydrogen) atoms. The van der Waals surface area contributed by atoms with E-state index in [1.807, 2.05) is 19.1 Å². The molecule has 86 valence electrons. The minimum Gasteiger partial charge on any atom is -0.489 e. The molecule has 0 saturated heterocycles. The topological polar surface area (TPSA) is 21.3 Å². The molecule has 0 aliphatic heterocycles. The Morgan fingerprint density at radius 1 is 1.50 bits per heavy atom. The molecule has 0 amide bonds. The Bertz CT molecular complexity index is 354. The number of benzene rings is 1. The molecule has 0 aromatic heterocycles. The molecule has 0 aliphatic carbocycles. The van der Waals surface area contributed by atoms with Gasteiger partial charge in [-0.05, 0) is 31.0 Å². The zero-order valence-corrected chi connectivity index (χ0v) is 9.99. The van der Waals surface area contributed by atoms with Crippen LogP contribution < -0.4 is 10.1 Å². The van der Waals surface area contributed by atoms with Crippen molar-refractivity contribution in [1.29, 1.82) is 0 Å². The van der Waals surface area contributed by atoms with Gasteiger partial charge in [0.15, 0.2) is 0 Å². The smallest absolute Gasteiger partial charge is 0.120 e. The first-order valence-corrected chi connectivity index (χ1v) is 5.66. The molecule has 0 heterocycles. The summed E-state index contributed by atoms with van der Waals surface area (Å²) in [5.74, 6) is 3.46. The first-order valence-electron chi connectivity index (χ1n) is 5.66. The number of terminal acetylenes is 1. The molecule has 2 heteroatoms. The van der Waals surface area contributed by atoms with Gasteiger partial charge in [0, 0.05) is 6.54 Å². The van der Waals surface area contributed by atoms with Crippen molar-refractivity contribution in [2.24, 2.45) is 0 Å². The van der Waals surface area contributed by atoms with Gasteiger partial charge in [0.05, 0.1) is 6.54 Å². The van der Waals surface area contributed by atoms with E-state index in [1.54, 1.807) is 0 Å². The van der Waals surface area contributed by atoms with Crippen molar-refractivity contribution >= 4 is 0 Å². The van der Waals surface area contributed by atoms with Crippen molar-refractivity contribution in [3.8, 4) is 18.1 Å². The molecule has 1 aromatic carbocycles. The van der Waals surface area contributed by atoms with Crippen molar-refractivity contribution in [3.05, 3.63) is 29.8 Å². The fourth-order valence-electron chi connectivity index (χ4n) is 1.46. The predicted molar refractivity (Wildman–Crippen MR) is 67.6 cm³/mol. The van der Waals surface area contributed by atoms with Gasteiger partial charge in [-0.2, -0.15) is 0 Å². The van der Waals surface area contributed by atoms with E-state index in [1.165, 1.54) is 5.56 Å². The van der Waals surface area contributed by atoms with E-state index in [4.69, 9.17) is 11.2 Å². The van der Waals surface area contributed by atoms with Crippen LogP contribution in [0.1, 0.15) is 19.4 Å². The van der Waals surface area contributed by atoms with Gasteiger partial charge >= 0.3 is 0 Å². The van der Waals surface area contributed by atoms with Gasteiger partial charge in [0.2, 0.25) is 0 Å². The average molecular weight is 217 g/mol. The lowest BCUT2D eigenvalue weighted by atomic mass is 10.2. The van der Waals surface area contributed by atoms with Gasteiger partial charge in [-0.3, -0.25) is 0 Å². The van der Waals surface area contributed by atoms with Crippen LogP contribution in [0.2, 0.25) is 0 Å². The number of aryl methyl sites for hydroxylation is 1. The van der Waals surface area contributed by atoms with Gasteiger partial charge in [-0.25, -0.2) is 0 Å². The predicted octanol–water partition coefficient (Wildman–Crippen LogP) is 2.24. The van der Waals surface area contributed by atoms with Gasteiger partial charge in [0.1, 0.15) is 11.9 Å². The molecular weight excluding hydrogens is 198 g/mol. The summed E-state index contributed by atoms with van der Waals surface area (Å²) in [5, 5.41) is 3.12. The number of rotatable bonds is 6. The van der Waals surface area contributed by atoms with Crippen molar-refractivity contribution in [2.45, 2.75) is 26.4 Å². The molecule has 0 spiro atoms. The lowest BCUT2D eigenvalue weighted by Gasteiger charge is -2.15. The molecule has 1 rings (SSSR count). The summed E-state index contributed by atoms with van der Waals surface area (Å²) in [6, 6.07) is 8.19. The van der Waals surface area contributed by atoms with E-state index in [9.17, 15) is 0 Å². The van der Waals surface area contributed by atoms with Crippen LogP contribution in [0.25, 0.3) is 0 Å². The van der Waals surface area contributed by atoms with Crippen LogP contribution in [0.4, 0.5) is 0 Å². The highest BCUT2D eigenvalue weighted by molar-refractivity contribution is 5.28. The second-order valence-corrected chi connectivity index (χ2v) is 3.76. The summed E-state index contributed by atoms with van der Waals surface area (Å²) in [6.07, 6.45) is 6.31. The van der Waals surface area contributed by atoms with Gasteiger partial charge < -0.3 is 10.1 Å². The van der Waals surface area contributed by atoms with E-state index in [0.717, 1.165) is 18.7 Å². The molecule has 1 aromatic rings. The number of hydrogen-bond acceptors (Lipinski definition) is 2. The Labute approximate surface area is 98.0 Å². The Balaban J connectivity index is 2.43. The second-order valence-electron chi connectivity index (χ2n) is 3.76. The molecular formula is C14H19NO. The number of ether oxygens (including phenoxy) is 1. The maximum atomic E-state index is 5.77. The molecule has 2 nitrogen and oxygen atoms in total. The van der Waals surface area contributed by atoms with Gasteiger partial charge in [0.25, 0.3) is 0 Å². The molecule has 1 unspecified atom stereocenters. The van der Waals surface area contributed by atoms with Crippen LogP contribution in [0.3, 0.4) is 0 Å². The maximum Gasteiger partial charge on any atom is 0.120 e. The van der Waals surface area contributed by atoms with Gasteiger partial charge in [-0.15, -0.1) is 6.42 Å². The third kappa shape index (κ3) is 4.37. The molecule has 0 aliphatic rings. The minimum absolute atomic E-state index is 0.125. The summed E-state index contributed by atoms with van der Waals surface area (Å²) < 4.78 is 5.77. The van der Waals surface area contributed by atoms with Crippen LogP contribution in [-0.4, -0.2) is 19.2 Å². The first-order chi connectivity index (χ1) is 7.76. The fourth-order valence-corrected chi connectivity index (χ4v) is 1.46. The summed E-state index contributed by atoms with van der Waals surface area (Å²) >= 11 is 0. The van der Waals surface area contributed by atoms with Crippen LogP contribution in [0, 0.1) is 12.3 Å². The van der Waals surface area contributed by atoms with Crippen LogP contribution >= 0.6 is 0 Å². The average Bonchev–Trinajstić information content (AvgIpc) is 2.29. The zero-order valence-electron chi connectivity index (χ0n) is 9.99. The normalized spacial score (nSPS) is 11.8. The molecule has 1 N–H and O–H groups in total. The summed E-state index contributed by atoms with van der Waals surface area (Å²) in [4.78, 5) is 0. The standard InChI is InChI=1S/C14H19NO/c1-4-9-15-11-12(3)16-14-8-6-7-13(5-2)10-14/h1,6-8,10,12,15H,5,9,11H2,2-3H3. The number of hydrogen-bond donors (Lipinski definition) is 1. The fraction of sp³-hybridized carbons (Fsp3) is 0.429. The third-order valence-corrected chi connectivity index (χ3v) is 2.30. The summed E-state index contributed by atoms with van der Waals surface area (Å²) in [5.41, 5.74) is 1.29. The highest BCUT2D eigenvalue weighted by Gasteiger charge is 2.03. The SMILES string of the molecule is C#CCNCC(C)Oc1cccc(CC)c1. The molecule has 0 radical (unpaired) electrons. The van der Waals surface area contributed by atoms with Crippen molar-refractivity contribution < 1.29 is 4.74 Å². The Morgan fingerprint density at radius 2 is 2.31 bits per heavy atom. The van der Waals surface area contributed by atoms with Crippen molar-refractivity contribution in [1.82, 2.24) is 5.32 Å². The molecule has 0 bridgehead atoms. The third-order valence-electron chi connectivity index (χ3n) is 2.30. The Kier molecular flexibility index (Phi) is 5.45. The zero-order chi connectivity index (χ0) is 11.8. The van der Waals surface area contributed by atoms with E-state index in [-0.39, 0.29) is 6.10 Å². The highest BCUT2D eigenvalue weighted by atomic mass is 16.5. The maximum absolute atomic E-state index is 5.77. The summed E-state index contributed by atoms with van der Waals surface area (Å²) in [6.45, 7) is 5.52. The van der Waals surface area contributed by atoms with Crippen molar-refractivity contribution in [3.63, 3.8) is 0 Å². The van der Waals surface area contributed by atoms with Crippen molar-refractivity contribution in [2.75, 3.05) is 13.1 Å². The molecule has 1 atom stereocenters. The van der Waals surface area contributed by atoms with E-state index >= 15 is 0 Å². The lowest BCUT2D eigenvalue weighted by Crippen LogP contribution is -2.29. The van der Waals surface area contributed by atoms with E-state index < -0.39 is 0 Å². The monoisotopic (exact) mass is 217 g/mol. The molecule has 0 saturated carbocycles. The Hall–Kier alpha value is -1.46. The molecule has 0 fully saturated rings. The van der Waals surface area contributed by atoms with Crippen LogP contribution in [0.15, 0.2) is 24.3 Å². The largest absolute Gasteiger partial charge is 0.489 e. The number of nitrogens with one attached hydrogen (secondary N) is 1. The Morgan fingerprint density at radius 3 is 3.00 bits per heavy atom. The summed E-state index contributed by atoms with van der Waals surface area (Å²) in [7, 11) is 0. The minimum atomic E-state index is 0.125. The van der Waals surface area contributed by atoms with Gasteiger partial charge in [-0.1, -0.05) is 25.0 Å². The van der Waals surface area contributed by atoms with E-state index in [2.05, 4.69) is 30.3 Å². The first kappa shape index (κ1) is 12.6. The lowest BCUT2D eigenvalue weighted by molar-refractivity contribution is 0.219.